The normalized spacial score (nSPS) is 11.5. The van der Waals surface area contributed by atoms with Crippen molar-refractivity contribution in [2.45, 2.75) is 20.3 Å². The molecular weight excluding hydrogens is 176 g/mol. The summed E-state index contributed by atoms with van der Waals surface area (Å²) in [7, 11) is 0. The fraction of sp³-hybridized carbons (Fsp3) is 0.364. The van der Waals surface area contributed by atoms with Gasteiger partial charge in [0, 0.05) is 12.1 Å². The van der Waals surface area contributed by atoms with Gasteiger partial charge in [-0.1, -0.05) is 31.2 Å². The molecule has 76 valence electrons. The van der Waals surface area contributed by atoms with Crippen LogP contribution in [0.2, 0.25) is 0 Å². The van der Waals surface area contributed by atoms with Crippen molar-refractivity contribution in [3.63, 3.8) is 0 Å². The minimum absolute atomic E-state index is 0.546. The molecule has 2 N–H and O–H groups in total. The van der Waals surface area contributed by atoms with Crippen molar-refractivity contribution in [3.05, 3.63) is 35.4 Å². The monoisotopic (exact) mass is 192 g/mol. The molecule has 0 aliphatic rings. The van der Waals surface area contributed by atoms with E-state index in [1.807, 2.05) is 31.2 Å². The molecule has 0 unspecified atom stereocenters. The maximum absolute atomic E-state index is 8.95. The van der Waals surface area contributed by atoms with Crippen LogP contribution in [0.3, 0.4) is 0 Å². The predicted molar refractivity (Wildman–Crippen MR) is 57.8 cm³/mol. The van der Waals surface area contributed by atoms with Gasteiger partial charge >= 0.3 is 0 Å². The molecule has 1 aromatic carbocycles. The van der Waals surface area contributed by atoms with Crippen LogP contribution in [0.5, 0.6) is 0 Å². The molecule has 0 radical (unpaired) electrons. The molecule has 0 fully saturated rings. The van der Waals surface area contributed by atoms with Crippen molar-refractivity contribution in [2.24, 2.45) is 4.99 Å². The topological polar surface area (TPSA) is 44.6 Å². The lowest BCUT2D eigenvalue weighted by atomic mass is 10.0. The van der Waals surface area contributed by atoms with Gasteiger partial charge in [-0.2, -0.15) is 0 Å². The van der Waals surface area contributed by atoms with Crippen molar-refractivity contribution in [1.29, 1.82) is 0 Å². The van der Waals surface area contributed by atoms with E-state index in [1.165, 1.54) is 5.56 Å². The molecule has 1 rings (SSSR count). The first-order valence-corrected chi connectivity index (χ1v) is 4.86. The molecule has 0 atom stereocenters. The zero-order valence-electron chi connectivity index (χ0n) is 8.62. The Balaban J connectivity index is 3.09. The average Bonchev–Trinajstić information content (AvgIpc) is 2.26. The van der Waals surface area contributed by atoms with Gasteiger partial charge in [0.05, 0.1) is 0 Å². The molecule has 0 aromatic heterocycles. The van der Waals surface area contributed by atoms with Gasteiger partial charge in [-0.05, 0) is 18.9 Å². The first kappa shape index (κ1) is 10.7. The molecule has 0 spiro atoms. The van der Waals surface area contributed by atoms with Gasteiger partial charge < -0.3 is 0 Å². The number of benzene rings is 1. The Morgan fingerprint density at radius 2 is 2.07 bits per heavy atom. The number of hydroxylamine groups is 1. The van der Waals surface area contributed by atoms with Gasteiger partial charge in [0.15, 0.2) is 5.84 Å². The van der Waals surface area contributed by atoms with Gasteiger partial charge in [-0.3, -0.25) is 15.7 Å². The number of aryl methyl sites for hydroxylation is 1. The van der Waals surface area contributed by atoms with Gasteiger partial charge in [0.1, 0.15) is 0 Å². The van der Waals surface area contributed by atoms with Gasteiger partial charge in [-0.15, -0.1) is 0 Å². The minimum atomic E-state index is 0.546. The Labute approximate surface area is 84.4 Å². The van der Waals surface area contributed by atoms with E-state index in [1.54, 1.807) is 0 Å². The zero-order chi connectivity index (χ0) is 10.4. The molecule has 0 aliphatic carbocycles. The van der Waals surface area contributed by atoms with Gasteiger partial charge in [-0.25, -0.2) is 0 Å². The second-order valence-corrected chi connectivity index (χ2v) is 2.95. The van der Waals surface area contributed by atoms with E-state index < -0.39 is 0 Å². The number of aliphatic imine (C=N–C) groups is 1. The van der Waals surface area contributed by atoms with Crippen molar-refractivity contribution in [1.82, 2.24) is 5.48 Å². The SMILES string of the molecule is CCN=C(NO)c1ccccc1CC. The smallest absolute Gasteiger partial charge is 0.152 e. The van der Waals surface area contributed by atoms with Crippen LogP contribution in [0.15, 0.2) is 29.3 Å². The molecule has 3 heteroatoms. The second kappa shape index (κ2) is 5.40. The Kier molecular flexibility index (Phi) is 4.13. The number of nitrogens with zero attached hydrogens (tertiary/aromatic N) is 1. The molecule has 0 saturated heterocycles. The van der Waals surface area contributed by atoms with E-state index in [-0.39, 0.29) is 0 Å². The third kappa shape index (κ3) is 2.33. The maximum atomic E-state index is 8.95. The highest BCUT2D eigenvalue weighted by molar-refractivity contribution is 5.99. The molecule has 3 nitrogen and oxygen atoms in total. The third-order valence-electron chi connectivity index (χ3n) is 2.08. The van der Waals surface area contributed by atoms with Crippen LogP contribution in [0, 0.1) is 0 Å². The average molecular weight is 192 g/mol. The fourth-order valence-electron chi connectivity index (χ4n) is 1.40. The number of amidine groups is 1. The summed E-state index contributed by atoms with van der Waals surface area (Å²) in [6, 6.07) is 7.93. The largest absolute Gasteiger partial charge is 0.290 e. The van der Waals surface area contributed by atoms with Crippen LogP contribution in [0.1, 0.15) is 25.0 Å². The molecule has 0 aliphatic heterocycles. The number of hydrogen-bond acceptors (Lipinski definition) is 2. The molecule has 0 amide bonds. The molecule has 0 saturated carbocycles. The van der Waals surface area contributed by atoms with E-state index in [0.29, 0.717) is 12.4 Å². The number of rotatable bonds is 3. The van der Waals surface area contributed by atoms with Crippen LogP contribution in [0.4, 0.5) is 0 Å². The summed E-state index contributed by atoms with van der Waals surface area (Å²) in [5.41, 5.74) is 4.30. The Morgan fingerprint density at radius 1 is 1.36 bits per heavy atom. The summed E-state index contributed by atoms with van der Waals surface area (Å²) in [6.45, 7) is 4.67. The quantitative estimate of drug-likeness (QED) is 0.437. The maximum Gasteiger partial charge on any atom is 0.152 e. The second-order valence-electron chi connectivity index (χ2n) is 2.95. The standard InChI is InChI=1S/C11H16N2O/c1-3-9-7-5-6-8-10(9)11(13-14)12-4-2/h5-8,14H,3-4H2,1-2H3,(H,12,13). The van der Waals surface area contributed by atoms with Gasteiger partial charge in [0.2, 0.25) is 0 Å². The summed E-state index contributed by atoms with van der Waals surface area (Å²) < 4.78 is 0. The first-order chi connectivity index (χ1) is 6.83. The highest BCUT2D eigenvalue weighted by Crippen LogP contribution is 2.09. The van der Waals surface area contributed by atoms with Crippen molar-refractivity contribution < 1.29 is 5.21 Å². The fourth-order valence-corrected chi connectivity index (χ4v) is 1.40. The van der Waals surface area contributed by atoms with Crippen LogP contribution in [-0.4, -0.2) is 17.6 Å². The summed E-state index contributed by atoms with van der Waals surface area (Å²) in [5.74, 6) is 0.546. The third-order valence-corrected chi connectivity index (χ3v) is 2.08. The first-order valence-electron chi connectivity index (χ1n) is 4.86. The lowest BCUT2D eigenvalue weighted by Gasteiger charge is -2.08. The van der Waals surface area contributed by atoms with E-state index in [9.17, 15) is 0 Å². The summed E-state index contributed by atoms with van der Waals surface area (Å²) in [6.07, 6.45) is 0.931. The van der Waals surface area contributed by atoms with Crippen LogP contribution < -0.4 is 5.48 Å². The lowest BCUT2D eigenvalue weighted by molar-refractivity contribution is 0.234. The highest BCUT2D eigenvalue weighted by Gasteiger charge is 2.05. The number of hydrogen-bond donors (Lipinski definition) is 2. The van der Waals surface area contributed by atoms with E-state index in [2.05, 4.69) is 17.4 Å². The van der Waals surface area contributed by atoms with Crippen molar-refractivity contribution in [2.75, 3.05) is 6.54 Å². The summed E-state index contributed by atoms with van der Waals surface area (Å²) >= 11 is 0. The van der Waals surface area contributed by atoms with Gasteiger partial charge in [0.25, 0.3) is 0 Å². The molecular formula is C11H16N2O. The van der Waals surface area contributed by atoms with Crippen LogP contribution in [-0.2, 0) is 6.42 Å². The van der Waals surface area contributed by atoms with E-state index >= 15 is 0 Å². The van der Waals surface area contributed by atoms with E-state index in [4.69, 9.17) is 5.21 Å². The predicted octanol–water partition coefficient (Wildman–Crippen LogP) is 1.99. The Bertz CT molecular complexity index is 321. The lowest BCUT2D eigenvalue weighted by Crippen LogP contribution is -2.22. The Hall–Kier alpha value is -1.35. The summed E-state index contributed by atoms with van der Waals surface area (Å²) in [5, 5.41) is 8.95. The zero-order valence-corrected chi connectivity index (χ0v) is 8.62. The number of nitrogens with one attached hydrogen (secondary N) is 1. The highest BCUT2D eigenvalue weighted by atomic mass is 16.5. The Morgan fingerprint density at radius 3 is 2.64 bits per heavy atom. The molecule has 0 heterocycles. The summed E-state index contributed by atoms with van der Waals surface area (Å²) in [4.78, 5) is 4.18. The molecule has 1 aromatic rings. The molecule has 14 heavy (non-hydrogen) atoms. The molecule has 0 bridgehead atoms. The van der Waals surface area contributed by atoms with Crippen LogP contribution >= 0.6 is 0 Å². The van der Waals surface area contributed by atoms with Crippen LogP contribution in [0.25, 0.3) is 0 Å². The van der Waals surface area contributed by atoms with Crippen molar-refractivity contribution in [3.8, 4) is 0 Å². The van der Waals surface area contributed by atoms with E-state index in [0.717, 1.165) is 12.0 Å². The minimum Gasteiger partial charge on any atom is -0.290 e. The van der Waals surface area contributed by atoms with Crippen molar-refractivity contribution >= 4 is 5.84 Å².